The fourth-order valence-electron chi connectivity index (χ4n) is 3.44. The summed E-state index contributed by atoms with van der Waals surface area (Å²) in [4.78, 5) is 11.2. The normalized spacial score (nSPS) is 24.1. The predicted molar refractivity (Wildman–Crippen MR) is 79.3 cm³/mol. The van der Waals surface area contributed by atoms with Gasteiger partial charge in [-0.3, -0.25) is 0 Å². The summed E-state index contributed by atoms with van der Waals surface area (Å²) in [7, 11) is 1.66. The Morgan fingerprint density at radius 1 is 1.25 bits per heavy atom. The molecule has 2 aliphatic heterocycles. The molecule has 1 N–H and O–H groups in total. The highest BCUT2D eigenvalue weighted by molar-refractivity contribution is 5.42. The van der Waals surface area contributed by atoms with Gasteiger partial charge in [-0.2, -0.15) is 4.98 Å². The van der Waals surface area contributed by atoms with Crippen LogP contribution in [-0.2, 0) is 0 Å². The van der Waals surface area contributed by atoms with Crippen molar-refractivity contribution >= 4 is 5.82 Å². The van der Waals surface area contributed by atoms with E-state index in [9.17, 15) is 0 Å². The Morgan fingerprint density at radius 2 is 2.05 bits per heavy atom. The number of hydrogen-bond donors (Lipinski definition) is 1. The van der Waals surface area contributed by atoms with Crippen LogP contribution in [0, 0.1) is 12.8 Å². The summed E-state index contributed by atoms with van der Waals surface area (Å²) in [6.45, 7) is 5.29. The number of piperidine rings is 1. The summed E-state index contributed by atoms with van der Waals surface area (Å²) in [5, 5.41) is 3.64. The summed E-state index contributed by atoms with van der Waals surface area (Å²) in [5.41, 5.74) is 0. The lowest BCUT2D eigenvalue weighted by atomic mass is 9.88. The SMILES string of the molecule is COc1cc(N2CCC(C3CCCN3)CC2)nc(C)n1. The highest BCUT2D eigenvalue weighted by atomic mass is 16.5. The number of aromatic nitrogens is 2. The third-order valence-electron chi connectivity index (χ3n) is 4.54. The standard InChI is InChI=1S/C15H24N4O/c1-11-17-14(10-15(18-11)20-2)19-8-5-12(6-9-19)13-4-3-7-16-13/h10,12-13,16H,3-9H2,1-2H3. The van der Waals surface area contributed by atoms with Crippen molar-refractivity contribution in [2.24, 2.45) is 5.92 Å². The van der Waals surface area contributed by atoms with E-state index in [4.69, 9.17) is 4.74 Å². The fourth-order valence-corrected chi connectivity index (χ4v) is 3.44. The molecule has 0 aromatic carbocycles. The molecular weight excluding hydrogens is 252 g/mol. The Balaban J connectivity index is 1.64. The van der Waals surface area contributed by atoms with Crippen molar-refractivity contribution in [2.45, 2.75) is 38.6 Å². The summed E-state index contributed by atoms with van der Waals surface area (Å²) in [5.74, 6) is 3.27. The van der Waals surface area contributed by atoms with Gasteiger partial charge in [0.2, 0.25) is 5.88 Å². The lowest BCUT2D eigenvalue weighted by Gasteiger charge is -2.35. The van der Waals surface area contributed by atoms with Gasteiger partial charge in [0.25, 0.3) is 0 Å². The van der Waals surface area contributed by atoms with Crippen molar-refractivity contribution in [3.8, 4) is 5.88 Å². The molecule has 1 aromatic rings. The van der Waals surface area contributed by atoms with E-state index in [1.54, 1.807) is 7.11 Å². The van der Waals surface area contributed by atoms with Crippen molar-refractivity contribution in [1.82, 2.24) is 15.3 Å². The van der Waals surface area contributed by atoms with Gasteiger partial charge in [0.15, 0.2) is 0 Å². The van der Waals surface area contributed by atoms with Crippen LogP contribution in [0.3, 0.4) is 0 Å². The van der Waals surface area contributed by atoms with E-state index in [-0.39, 0.29) is 0 Å². The quantitative estimate of drug-likeness (QED) is 0.911. The van der Waals surface area contributed by atoms with Crippen LogP contribution >= 0.6 is 0 Å². The zero-order valence-electron chi connectivity index (χ0n) is 12.4. The van der Waals surface area contributed by atoms with Gasteiger partial charge in [0.05, 0.1) is 7.11 Å². The van der Waals surface area contributed by atoms with Crippen LogP contribution < -0.4 is 15.0 Å². The molecule has 0 radical (unpaired) electrons. The Bertz CT molecular complexity index is 451. The van der Waals surface area contributed by atoms with Crippen LogP contribution in [0.25, 0.3) is 0 Å². The molecule has 0 bridgehead atoms. The van der Waals surface area contributed by atoms with Gasteiger partial charge in [0, 0.05) is 25.2 Å². The van der Waals surface area contributed by atoms with Crippen LogP contribution in [-0.4, -0.2) is 42.8 Å². The highest BCUT2D eigenvalue weighted by Gasteiger charge is 2.28. The van der Waals surface area contributed by atoms with Crippen molar-refractivity contribution in [1.29, 1.82) is 0 Å². The smallest absolute Gasteiger partial charge is 0.218 e. The molecule has 110 valence electrons. The number of nitrogens with one attached hydrogen (secondary N) is 1. The Morgan fingerprint density at radius 3 is 2.70 bits per heavy atom. The number of aryl methyl sites for hydroxylation is 1. The minimum absolute atomic E-state index is 0.659. The first-order valence-electron chi connectivity index (χ1n) is 7.64. The van der Waals surface area contributed by atoms with E-state index in [1.807, 2.05) is 13.0 Å². The Labute approximate surface area is 120 Å². The first-order valence-corrected chi connectivity index (χ1v) is 7.64. The second-order valence-electron chi connectivity index (χ2n) is 5.84. The molecule has 1 aromatic heterocycles. The van der Waals surface area contributed by atoms with Crippen LogP contribution in [0.15, 0.2) is 6.07 Å². The third-order valence-corrected chi connectivity index (χ3v) is 4.54. The average molecular weight is 276 g/mol. The maximum absolute atomic E-state index is 5.24. The first kappa shape index (κ1) is 13.6. The minimum Gasteiger partial charge on any atom is -0.481 e. The predicted octanol–water partition coefficient (Wildman–Crippen LogP) is 1.76. The number of rotatable bonds is 3. The zero-order chi connectivity index (χ0) is 13.9. The van der Waals surface area contributed by atoms with Crippen LogP contribution in [0.4, 0.5) is 5.82 Å². The van der Waals surface area contributed by atoms with Gasteiger partial charge in [-0.05, 0) is 45.1 Å². The monoisotopic (exact) mass is 276 g/mol. The van der Waals surface area contributed by atoms with Crippen LogP contribution in [0.1, 0.15) is 31.5 Å². The van der Waals surface area contributed by atoms with E-state index < -0.39 is 0 Å². The average Bonchev–Trinajstić information content (AvgIpc) is 3.01. The summed E-state index contributed by atoms with van der Waals surface area (Å²) >= 11 is 0. The number of anilines is 1. The molecule has 3 heterocycles. The van der Waals surface area contributed by atoms with Crippen molar-refractivity contribution in [3.63, 3.8) is 0 Å². The Hall–Kier alpha value is -1.36. The summed E-state index contributed by atoms with van der Waals surface area (Å²) in [6.07, 6.45) is 5.20. The van der Waals surface area contributed by atoms with Gasteiger partial charge >= 0.3 is 0 Å². The second kappa shape index (κ2) is 5.95. The van der Waals surface area contributed by atoms with Gasteiger partial charge in [0.1, 0.15) is 11.6 Å². The largest absolute Gasteiger partial charge is 0.481 e. The van der Waals surface area contributed by atoms with Crippen LogP contribution in [0.5, 0.6) is 5.88 Å². The molecule has 2 saturated heterocycles. The molecule has 20 heavy (non-hydrogen) atoms. The molecular formula is C15H24N4O. The van der Waals surface area contributed by atoms with Gasteiger partial charge in [-0.1, -0.05) is 0 Å². The zero-order valence-corrected chi connectivity index (χ0v) is 12.4. The molecule has 5 heteroatoms. The van der Waals surface area contributed by atoms with Crippen molar-refractivity contribution in [3.05, 3.63) is 11.9 Å². The molecule has 0 amide bonds. The number of methoxy groups -OCH3 is 1. The van der Waals surface area contributed by atoms with E-state index in [0.29, 0.717) is 5.88 Å². The summed E-state index contributed by atoms with van der Waals surface area (Å²) < 4.78 is 5.24. The topological polar surface area (TPSA) is 50.3 Å². The molecule has 0 aliphatic carbocycles. The van der Waals surface area contributed by atoms with Crippen molar-refractivity contribution in [2.75, 3.05) is 31.6 Å². The second-order valence-corrected chi connectivity index (χ2v) is 5.84. The van der Waals surface area contributed by atoms with E-state index in [0.717, 1.165) is 36.7 Å². The minimum atomic E-state index is 0.659. The molecule has 0 spiro atoms. The number of hydrogen-bond acceptors (Lipinski definition) is 5. The molecule has 1 unspecified atom stereocenters. The van der Waals surface area contributed by atoms with Gasteiger partial charge in [-0.15, -0.1) is 0 Å². The number of nitrogens with zero attached hydrogens (tertiary/aromatic N) is 3. The molecule has 0 saturated carbocycles. The van der Waals surface area contributed by atoms with Crippen molar-refractivity contribution < 1.29 is 4.74 Å². The molecule has 1 atom stereocenters. The fraction of sp³-hybridized carbons (Fsp3) is 0.733. The maximum atomic E-state index is 5.24. The molecule has 2 fully saturated rings. The van der Waals surface area contributed by atoms with Crippen LogP contribution in [0.2, 0.25) is 0 Å². The van der Waals surface area contributed by atoms with Gasteiger partial charge < -0.3 is 15.0 Å². The van der Waals surface area contributed by atoms with E-state index in [2.05, 4.69) is 20.2 Å². The molecule has 2 aliphatic rings. The Kier molecular flexibility index (Phi) is 4.05. The van der Waals surface area contributed by atoms with Gasteiger partial charge in [-0.25, -0.2) is 4.98 Å². The molecule has 3 rings (SSSR count). The highest BCUT2D eigenvalue weighted by Crippen LogP contribution is 2.28. The first-order chi connectivity index (χ1) is 9.76. The maximum Gasteiger partial charge on any atom is 0.218 e. The summed E-state index contributed by atoms with van der Waals surface area (Å²) in [6, 6.07) is 2.69. The van der Waals surface area contributed by atoms with E-state index >= 15 is 0 Å². The lowest BCUT2D eigenvalue weighted by Crippen LogP contribution is -2.41. The number of ether oxygens (including phenoxy) is 1. The van der Waals surface area contributed by atoms with E-state index in [1.165, 1.54) is 32.2 Å². The lowest BCUT2D eigenvalue weighted by molar-refractivity contribution is 0.318. The third kappa shape index (κ3) is 2.87. The molecule has 5 nitrogen and oxygen atoms in total.